The van der Waals surface area contributed by atoms with E-state index in [1.165, 1.54) is 12.1 Å². The molecular weight excluding hydrogens is 552 g/mol. The Morgan fingerprint density at radius 2 is 1.60 bits per heavy atom. The number of hydrogen-bond acceptors (Lipinski definition) is 12. The highest BCUT2D eigenvalue weighted by Crippen LogP contribution is 2.81. The lowest BCUT2D eigenvalue weighted by Gasteiger charge is -2.67. The van der Waals surface area contributed by atoms with Crippen LogP contribution in [0.1, 0.15) is 40.5 Å². The Hall–Kier alpha value is -2.94. The molecule has 9 rings (SSSR count). The van der Waals surface area contributed by atoms with Gasteiger partial charge in [-0.15, -0.1) is 0 Å². The van der Waals surface area contributed by atoms with Crippen LogP contribution in [0.25, 0.3) is 0 Å². The van der Waals surface area contributed by atoms with Crippen molar-refractivity contribution in [2.24, 2.45) is 11.3 Å². The fourth-order valence-corrected chi connectivity index (χ4v) is 7.75. The maximum absolute atomic E-state index is 13.0. The van der Waals surface area contributed by atoms with E-state index in [0.29, 0.717) is 5.56 Å². The third-order valence-electron chi connectivity index (χ3n) is 9.80. The first-order chi connectivity index (χ1) is 20.1. The van der Waals surface area contributed by atoms with Gasteiger partial charge in [0.05, 0.1) is 23.1 Å². The molecule has 7 aliphatic rings. The number of carbonyl (C=O) groups excluding carboxylic acids is 2. The molecule has 2 aromatic rings. The summed E-state index contributed by atoms with van der Waals surface area (Å²) < 4.78 is 36.3. The van der Waals surface area contributed by atoms with Gasteiger partial charge in [-0.05, 0) is 37.6 Å². The largest absolute Gasteiger partial charge is 0.461 e. The van der Waals surface area contributed by atoms with Crippen LogP contribution in [0.3, 0.4) is 0 Å². The van der Waals surface area contributed by atoms with Crippen LogP contribution in [0.4, 0.5) is 0 Å². The Bertz CT molecular complexity index is 1370. The summed E-state index contributed by atoms with van der Waals surface area (Å²) in [6.07, 6.45) is -8.19. The van der Waals surface area contributed by atoms with Crippen molar-refractivity contribution in [3.8, 4) is 0 Å². The second-order valence-electron chi connectivity index (χ2n) is 11.9. The van der Waals surface area contributed by atoms with Crippen molar-refractivity contribution in [3.05, 3.63) is 71.8 Å². The van der Waals surface area contributed by atoms with E-state index in [0.717, 1.165) is 0 Å². The minimum atomic E-state index is -1.67. The molecule has 1 unspecified atom stereocenters. The first-order valence-corrected chi connectivity index (χ1v) is 13.9. The van der Waals surface area contributed by atoms with Crippen LogP contribution < -0.4 is 0 Å². The molecule has 4 heterocycles. The van der Waals surface area contributed by atoms with Crippen molar-refractivity contribution < 1.29 is 58.4 Å². The molecule has 3 saturated carbocycles. The van der Waals surface area contributed by atoms with E-state index >= 15 is 0 Å². The van der Waals surface area contributed by atoms with Crippen LogP contribution >= 0.6 is 0 Å². The minimum Gasteiger partial charge on any atom is -0.461 e. The molecular formula is C30H32O12. The number of aliphatic hydroxyl groups is 4. The summed E-state index contributed by atoms with van der Waals surface area (Å²) in [6.45, 7) is 0.891. The van der Waals surface area contributed by atoms with Crippen molar-refractivity contribution in [2.45, 2.75) is 73.8 Å². The Morgan fingerprint density at radius 3 is 2.24 bits per heavy atom. The molecule has 6 bridgehead atoms. The standard InChI is InChI=1S/C30H32O12/c1-27-14-29(36)19-12-30(27,28(19,26(41-27)42-29)15-37-23(34)16-8-4-2-5-9-16)40-25-22(21(33)20(32)18(13-31)38-25)39-24(35)17-10-6-3-7-11-17/h2-11,18-22,25-26,31-33,36H,12-15H2,1H3/t18-,19-,20-,21+,22-,25+,26-,27+,28?,29-,30+/m1/s1. The van der Waals surface area contributed by atoms with Crippen LogP contribution in [0.2, 0.25) is 0 Å². The van der Waals surface area contributed by atoms with Gasteiger partial charge in [-0.3, -0.25) is 0 Å². The number of rotatable bonds is 8. The van der Waals surface area contributed by atoms with Gasteiger partial charge < -0.3 is 48.8 Å². The molecule has 12 heteroatoms. The van der Waals surface area contributed by atoms with Gasteiger partial charge >= 0.3 is 11.9 Å². The van der Waals surface area contributed by atoms with E-state index in [1.807, 2.05) is 0 Å². The van der Waals surface area contributed by atoms with Gasteiger partial charge in [0.15, 0.2) is 24.5 Å². The predicted molar refractivity (Wildman–Crippen MR) is 138 cm³/mol. The van der Waals surface area contributed by atoms with Crippen molar-refractivity contribution >= 4 is 11.9 Å². The predicted octanol–water partition coefficient (Wildman–Crippen LogP) is 0.507. The summed E-state index contributed by atoms with van der Waals surface area (Å²) in [5.41, 5.74) is -3.04. The Labute approximate surface area is 240 Å². The zero-order valence-corrected chi connectivity index (χ0v) is 22.7. The highest BCUT2D eigenvalue weighted by Gasteiger charge is 2.94. The lowest BCUT2D eigenvalue weighted by atomic mass is 9.41. The average molecular weight is 585 g/mol. The molecule has 7 fully saturated rings. The van der Waals surface area contributed by atoms with E-state index in [9.17, 15) is 30.0 Å². The molecule has 42 heavy (non-hydrogen) atoms. The molecule has 3 aliphatic carbocycles. The highest BCUT2D eigenvalue weighted by molar-refractivity contribution is 5.89. The van der Waals surface area contributed by atoms with Gasteiger partial charge in [0, 0.05) is 12.3 Å². The van der Waals surface area contributed by atoms with Crippen LogP contribution in [-0.2, 0) is 28.4 Å². The molecule has 0 spiro atoms. The molecule has 0 radical (unpaired) electrons. The van der Waals surface area contributed by atoms with Crippen molar-refractivity contribution in [3.63, 3.8) is 0 Å². The zero-order chi connectivity index (χ0) is 29.5. The Balaban J connectivity index is 1.21. The van der Waals surface area contributed by atoms with Crippen LogP contribution in [-0.4, -0.2) is 99.6 Å². The summed E-state index contributed by atoms with van der Waals surface area (Å²) in [5.74, 6) is -3.41. The maximum atomic E-state index is 13.0. The van der Waals surface area contributed by atoms with E-state index < -0.39 is 83.9 Å². The Kier molecular flexibility index (Phi) is 6.32. The summed E-state index contributed by atoms with van der Waals surface area (Å²) >= 11 is 0. The van der Waals surface area contributed by atoms with Crippen LogP contribution in [0, 0.1) is 11.3 Å². The molecule has 12 nitrogen and oxygen atoms in total. The SMILES string of the molecule is C[C@@]12C[C@@]3(O)O[C@@H](O1)C1(COC(=O)c4ccccc4)[C@H]3C[C@@]12O[C@@H]1O[C@H](CO)[C@@H](O)[C@H](O)[C@H]1OC(=O)c1ccccc1. The van der Waals surface area contributed by atoms with Gasteiger partial charge in [0.25, 0.3) is 0 Å². The average Bonchev–Trinajstić information content (AvgIpc) is 3.18. The molecule has 4 N–H and O–H groups in total. The van der Waals surface area contributed by atoms with E-state index in [1.54, 1.807) is 55.5 Å². The van der Waals surface area contributed by atoms with Crippen molar-refractivity contribution in [1.82, 2.24) is 0 Å². The molecule has 4 aliphatic heterocycles. The van der Waals surface area contributed by atoms with E-state index in [4.69, 9.17) is 28.4 Å². The molecule has 2 aromatic carbocycles. The molecule has 0 amide bonds. The van der Waals surface area contributed by atoms with Gasteiger partial charge in [-0.1, -0.05) is 36.4 Å². The van der Waals surface area contributed by atoms with Crippen LogP contribution in [0.15, 0.2) is 60.7 Å². The molecule has 11 atom stereocenters. The fourth-order valence-electron chi connectivity index (χ4n) is 7.75. The van der Waals surface area contributed by atoms with E-state index in [2.05, 4.69) is 0 Å². The number of ether oxygens (including phenoxy) is 6. The third-order valence-corrected chi connectivity index (χ3v) is 9.80. The van der Waals surface area contributed by atoms with Gasteiger partial charge in [0.1, 0.15) is 36.1 Å². The maximum Gasteiger partial charge on any atom is 0.338 e. The second kappa shape index (κ2) is 9.53. The monoisotopic (exact) mass is 584 g/mol. The summed E-state index contributed by atoms with van der Waals surface area (Å²) in [6, 6.07) is 16.5. The van der Waals surface area contributed by atoms with Crippen molar-refractivity contribution in [2.75, 3.05) is 13.2 Å². The lowest BCUT2D eigenvalue weighted by Crippen LogP contribution is -2.81. The molecule has 0 aromatic heterocycles. The van der Waals surface area contributed by atoms with Crippen LogP contribution in [0.5, 0.6) is 0 Å². The number of esters is 2. The highest BCUT2D eigenvalue weighted by atomic mass is 16.8. The van der Waals surface area contributed by atoms with Gasteiger partial charge in [0.2, 0.25) is 0 Å². The summed E-state index contributed by atoms with van der Waals surface area (Å²) in [4.78, 5) is 26.0. The number of hydrogen-bond donors (Lipinski definition) is 4. The topological polar surface area (TPSA) is 170 Å². The lowest BCUT2D eigenvalue weighted by molar-refractivity contribution is -0.423. The van der Waals surface area contributed by atoms with Gasteiger partial charge in [-0.25, -0.2) is 9.59 Å². The quantitative estimate of drug-likeness (QED) is 0.318. The minimum absolute atomic E-state index is 0.0470. The fraction of sp³-hybridized carbons (Fsp3) is 0.533. The number of carbonyl (C=O) groups is 2. The number of benzene rings is 2. The molecule has 224 valence electrons. The smallest absolute Gasteiger partial charge is 0.338 e. The normalized spacial score (nSPS) is 44.5. The first kappa shape index (κ1) is 27.9. The second-order valence-corrected chi connectivity index (χ2v) is 11.9. The van der Waals surface area contributed by atoms with Gasteiger partial charge in [-0.2, -0.15) is 0 Å². The number of aliphatic hydroxyl groups excluding tert-OH is 3. The summed E-state index contributed by atoms with van der Waals surface area (Å²) in [7, 11) is 0. The van der Waals surface area contributed by atoms with Crippen molar-refractivity contribution in [1.29, 1.82) is 0 Å². The molecule has 4 saturated heterocycles. The van der Waals surface area contributed by atoms with E-state index in [-0.39, 0.29) is 25.0 Å². The third kappa shape index (κ3) is 3.64. The summed E-state index contributed by atoms with van der Waals surface area (Å²) in [5, 5.41) is 43.0. The Morgan fingerprint density at radius 1 is 0.952 bits per heavy atom. The first-order valence-electron chi connectivity index (χ1n) is 13.9. The zero-order valence-electron chi connectivity index (χ0n) is 22.7.